The van der Waals surface area contributed by atoms with Crippen LogP contribution in [0.25, 0.3) is 0 Å². The topological polar surface area (TPSA) is 56.3 Å². The number of nitrogens with zero attached hydrogens (tertiary/aromatic N) is 4. The Morgan fingerprint density at radius 1 is 0.865 bits per heavy atom. The normalized spacial score (nSPS) is 29.4. The molecule has 37 heavy (non-hydrogen) atoms. The van der Waals surface area contributed by atoms with Crippen molar-refractivity contribution in [2.24, 2.45) is 11.3 Å². The lowest BCUT2D eigenvalue weighted by molar-refractivity contribution is -0.143. The van der Waals surface area contributed by atoms with E-state index in [1.54, 1.807) is 0 Å². The molecule has 7 nitrogen and oxygen atoms in total. The molecule has 5 saturated heterocycles. The molecular weight excluding hydrogens is 464 g/mol. The fourth-order valence-electron chi connectivity index (χ4n) is 7.64. The van der Waals surface area contributed by atoms with Crippen molar-refractivity contribution in [3.63, 3.8) is 0 Å². The summed E-state index contributed by atoms with van der Waals surface area (Å²) < 4.78 is 5.43. The van der Waals surface area contributed by atoms with E-state index in [4.69, 9.17) is 4.74 Å². The molecule has 5 fully saturated rings. The lowest BCUT2D eigenvalue weighted by Gasteiger charge is -2.39. The molecule has 5 aliphatic heterocycles. The van der Waals surface area contributed by atoms with E-state index < -0.39 is 0 Å². The summed E-state index contributed by atoms with van der Waals surface area (Å²) in [5.74, 6) is 0.639. The van der Waals surface area contributed by atoms with Gasteiger partial charge in [0.25, 0.3) is 0 Å². The molecule has 5 aliphatic rings. The molecule has 0 N–H and O–H groups in total. The SMILES string of the molecule is C[C@H]1CCCCN1C1CCN(c2ccc(N3CCC4(CCN(C(=O)C5CCOCC5)CC4)C3=O)cc2)C1. The van der Waals surface area contributed by atoms with E-state index in [9.17, 15) is 9.59 Å². The summed E-state index contributed by atoms with van der Waals surface area (Å²) in [6.45, 7) is 9.45. The number of amides is 2. The standard InChI is InChI=1S/C30H44N4O3/c1-23-4-2-3-15-33(23)27-9-16-32(22-27)25-5-7-26(8-6-25)34-19-14-30(29(34)36)12-17-31(18-13-30)28(35)24-10-20-37-21-11-24/h5-8,23-24,27H,2-4,9-22H2,1H3/t23-,27?/m0/s1. The van der Waals surface area contributed by atoms with Crippen molar-refractivity contribution in [3.8, 4) is 0 Å². The van der Waals surface area contributed by atoms with Crippen molar-refractivity contribution < 1.29 is 14.3 Å². The second-order valence-electron chi connectivity index (χ2n) is 12.2. The first kappa shape index (κ1) is 25.2. The lowest BCUT2D eigenvalue weighted by Crippen LogP contribution is -2.48. The predicted octanol–water partition coefficient (Wildman–Crippen LogP) is 3.91. The van der Waals surface area contributed by atoms with E-state index in [1.807, 2.05) is 9.80 Å². The van der Waals surface area contributed by atoms with Gasteiger partial charge in [-0.2, -0.15) is 0 Å². The van der Waals surface area contributed by atoms with Crippen molar-refractivity contribution >= 4 is 23.2 Å². The van der Waals surface area contributed by atoms with Gasteiger partial charge in [0.05, 0.1) is 5.41 Å². The second-order valence-corrected chi connectivity index (χ2v) is 12.2. The number of carbonyl (C=O) groups excluding carboxylic acids is 2. The quantitative estimate of drug-likeness (QED) is 0.617. The van der Waals surface area contributed by atoms with Crippen molar-refractivity contribution in [2.75, 3.05) is 62.3 Å². The van der Waals surface area contributed by atoms with Gasteiger partial charge in [-0.05, 0) is 89.1 Å². The van der Waals surface area contributed by atoms with Crippen molar-refractivity contribution in [3.05, 3.63) is 24.3 Å². The molecule has 1 unspecified atom stereocenters. The first-order valence-corrected chi connectivity index (χ1v) is 14.8. The molecule has 2 amide bonds. The molecule has 202 valence electrons. The van der Waals surface area contributed by atoms with Gasteiger partial charge in [0.1, 0.15) is 0 Å². The van der Waals surface area contributed by atoms with Gasteiger partial charge in [0.15, 0.2) is 0 Å². The highest BCUT2D eigenvalue weighted by atomic mass is 16.5. The largest absolute Gasteiger partial charge is 0.381 e. The Kier molecular flexibility index (Phi) is 7.19. The van der Waals surface area contributed by atoms with Crippen LogP contribution in [0.15, 0.2) is 24.3 Å². The maximum absolute atomic E-state index is 13.6. The molecule has 6 rings (SSSR count). The Morgan fingerprint density at radius 3 is 2.30 bits per heavy atom. The zero-order valence-corrected chi connectivity index (χ0v) is 22.6. The van der Waals surface area contributed by atoms with Crippen molar-refractivity contribution in [1.29, 1.82) is 0 Å². The van der Waals surface area contributed by atoms with Crippen LogP contribution >= 0.6 is 0 Å². The fourth-order valence-corrected chi connectivity index (χ4v) is 7.64. The van der Waals surface area contributed by atoms with Crippen LogP contribution in [0.5, 0.6) is 0 Å². The smallest absolute Gasteiger partial charge is 0.233 e. The van der Waals surface area contributed by atoms with E-state index in [0.29, 0.717) is 38.4 Å². The molecule has 0 aromatic heterocycles. The molecule has 0 saturated carbocycles. The first-order valence-electron chi connectivity index (χ1n) is 14.8. The number of carbonyl (C=O) groups is 2. The zero-order valence-electron chi connectivity index (χ0n) is 22.6. The van der Waals surface area contributed by atoms with E-state index >= 15 is 0 Å². The molecular formula is C30H44N4O3. The highest BCUT2D eigenvalue weighted by Crippen LogP contribution is 2.44. The minimum Gasteiger partial charge on any atom is -0.381 e. The van der Waals surface area contributed by atoms with Crippen LogP contribution in [0, 0.1) is 11.3 Å². The first-order chi connectivity index (χ1) is 18.0. The molecule has 5 heterocycles. The third-order valence-electron chi connectivity index (χ3n) is 10.1. The molecule has 0 bridgehead atoms. The number of hydrogen-bond donors (Lipinski definition) is 0. The summed E-state index contributed by atoms with van der Waals surface area (Å²) in [7, 11) is 0. The summed E-state index contributed by atoms with van der Waals surface area (Å²) in [5, 5.41) is 0. The summed E-state index contributed by atoms with van der Waals surface area (Å²) in [6, 6.07) is 10.1. The van der Waals surface area contributed by atoms with Crippen LogP contribution in [-0.4, -0.2) is 86.2 Å². The van der Waals surface area contributed by atoms with E-state index in [2.05, 4.69) is 41.0 Å². The van der Waals surface area contributed by atoms with Crippen molar-refractivity contribution in [1.82, 2.24) is 9.80 Å². The Hall–Kier alpha value is -2.12. The van der Waals surface area contributed by atoms with Gasteiger partial charge >= 0.3 is 0 Å². The average molecular weight is 509 g/mol. The Morgan fingerprint density at radius 2 is 1.57 bits per heavy atom. The van der Waals surface area contributed by atoms with Gasteiger partial charge < -0.3 is 19.4 Å². The Bertz CT molecular complexity index is 968. The number of likely N-dealkylation sites (tertiary alicyclic amines) is 2. The van der Waals surface area contributed by atoms with Gasteiger partial charge in [-0.15, -0.1) is 0 Å². The number of hydrogen-bond acceptors (Lipinski definition) is 5. The van der Waals surface area contributed by atoms with Crippen LogP contribution in [0.2, 0.25) is 0 Å². The zero-order chi connectivity index (χ0) is 25.4. The van der Waals surface area contributed by atoms with Gasteiger partial charge in [-0.25, -0.2) is 0 Å². The van der Waals surface area contributed by atoms with Gasteiger partial charge in [-0.1, -0.05) is 6.42 Å². The third kappa shape index (κ3) is 4.89. The average Bonchev–Trinajstić information content (AvgIpc) is 3.55. The van der Waals surface area contributed by atoms with E-state index in [-0.39, 0.29) is 23.1 Å². The number of ether oxygens (including phenoxy) is 1. The van der Waals surface area contributed by atoms with E-state index in [1.165, 1.54) is 37.9 Å². The highest BCUT2D eigenvalue weighted by Gasteiger charge is 2.49. The van der Waals surface area contributed by atoms with Gasteiger partial charge in [-0.3, -0.25) is 14.5 Å². The van der Waals surface area contributed by atoms with Crippen LogP contribution in [0.3, 0.4) is 0 Å². The molecule has 1 aromatic rings. The van der Waals surface area contributed by atoms with Crippen LogP contribution in [0.1, 0.15) is 64.7 Å². The van der Waals surface area contributed by atoms with Crippen LogP contribution in [0.4, 0.5) is 11.4 Å². The third-order valence-corrected chi connectivity index (χ3v) is 10.1. The molecule has 0 radical (unpaired) electrons. The maximum atomic E-state index is 13.6. The number of piperidine rings is 2. The summed E-state index contributed by atoms with van der Waals surface area (Å²) in [4.78, 5) is 35.9. The molecule has 7 heteroatoms. The monoisotopic (exact) mass is 508 g/mol. The number of benzene rings is 1. The highest BCUT2D eigenvalue weighted by molar-refractivity contribution is 6.00. The minimum atomic E-state index is -0.293. The molecule has 0 aliphatic carbocycles. The predicted molar refractivity (Wildman–Crippen MR) is 146 cm³/mol. The summed E-state index contributed by atoms with van der Waals surface area (Å²) in [6.07, 6.45) is 9.43. The molecule has 1 spiro atoms. The van der Waals surface area contributed by atoms with Gasteiger partial charge in [0.2, 0.25) is 11.8 Å². The number of rotatable bonds is 4. The van der Waals surface area contributed by atoms with Gasteiger partial charge in [0, 0.05) is 75.3 Å². The fraction of sp³-hybridized carbons (Fsp3) is 0.733. The van der Waals surface area contributed by atoms with Crippen LogP contribution < -0.4 is 9.80 Å². The Labute approximate surface area is 222 Å². The molecule has 1 aromatic carbocycles. The van der Waals surface area contributed by atoms with E-state index in [0.717, 1.165) is 57.4 Å². The summed E-state index contributed by atoms with van der Waals surface area (Å²) in [5.41, 5.74) is 2.00. The lowest BCUT2D eigenvalue weighted by atomic mass is 9.76. The minimum absolute atomic E-state index is 0.103. The Balaban J connectivity index is 1.04. The van der Waals surface area contributed by atoms with Crippen LogP contribution in [-0.2, 0) is 14.3 Å². The van der Waals surface area contributed by atoms with Crippen molar-refractivity contribution in [2.45, 2.75) is 76.8 Å². The maximum Gasteiger partial charge on any atom is 0.233 e. The summed E-state index contributed by atoms with van der Waals surface area (Å²) >= 11 is 0. The second kappa shape index (κ2) is 10.6. The number of anilines is 2. The molecule has 2 atom stereocenters.